The van der Waals surface area contributed by atoms with Crippen LogP contribution in [0.1, 0.15) is 11.6 Å². The molecular weight excluding hydrogens is 352 g/mol. The first-order chi connectivity index (χ1) is 12.7. The van der Waals surface area contributed by atoms with E-state index in [0.717, 1.165) is 30.9 Å². The number of ether oxygens (including phenoxy) is 1. The predicted molar refractivity (Wildman–Crippen MR) is 101 cm³/mol. The number of aromatic nitrogens is 1. The molecule has 1 aliphatic heterocycles. The normalized spacial score (nSPS) is 17.7. The Labute approximate surface area is 158 Å². The standard InChI is InChI=1S/C19H23ClN4O2/c20-16-3-5-17(6-4-16)26-11-9-23-19(25)14-24-10-8-22-13-18(24)15-2-1-7-21-12-15/h1-7,12,18,22H,8-11,13-14H2,(H,23,25). The van der Waals surface area contributed by atoms with E-state index in [1.165, 1.54) is 0 Å². The molecule has 1 atom stereocenters. The maximum Gasteiger partial charge on any atom is 0.234 e. The number of halogens is 1. The number of hydrogen-bond acceptors (Lipinski definition) is 5. The second kappa shape index (κ2) is 9.52. The molecule has 26 heavy (non-hydrogen) atoms. The summed E-state index contributed by atoms with van der Waals surface area (Å²) in [5.41, 5.74) is 1.12. The summed E-state index contributed by atoms with van der Waals surface area (Å²) >= 11 is 5.84. The fourth-order valence-corrected chi connectivity index (χ4v) is 3.09. The van der Waals surface area contributed by atoms with Crippen molar-refractivity contribution in [2.45, 2.75) is 6.04 Å². The van der Waals surface area contributed by atoms with Gasteiger partial charge in [-0.1, -0.05) is 17.7 Å². The van der Waals surface area contributed by atoms with Crippen LogP contribution in [0, 0.1) is 0 Å². The summed E-state index contributed by atoms with van der Waals surface area (Å²) in [6.07, 6.45) is 3.63. The minimum Gasteiger partial charge on any atom is -0.492 e. The molecule has 2 aromatic rings. The molecule has 1 fully saturated rings. The Kier molecular flexibility index (Phi) is 6.82. The summed E-state index contributed by atoms with van der Waals surface area (Å²) < 4.78 is 5.59. The Hall–Kier alpha value is -2.15. The second-order valence-corrected chi connectivity index (χ2v) is 6.57. The fourth-order valence-electron chi connectivity index (χ4n) is 2.97. The number of hydrogen-bond donors (Lipinski definition) is 2. The molecule has 2 heterocycles. The summed E-state index contributed by atoms with van der Waals surface area (Å²) in [6.45, 7) is 3.77. The van der Waals surface area contributed by atoms with Crippen LogP contribution < -0.4 is 15.4 Å². The second-order valence-electron chi connectivity index (χ2n) is 6.13. The number of benzene rings is 1. The topological polar surface area (TPSA) is 66.5 Å². The van der Waals surface area contributed by atoms with E-state index >= 15 is 0 Å². The van der Waals surface area contributed by atoms with Crippen LogP contribution in [0.15, 0.2) is 48.8 Å². The number of carbonyl (C=O) groups excluding carboxylic acids is 1. The van der Waals surface area contributed by atoms with Crippen molar-refractivity contribution in [3.63, 3.8) is 0 Å². The molecule has 6 nitrogen and oxygen atoms in total. The van der Waals surface area contributed by atoms with Gasteiger partial charge in [0, 0.05) is 43.1 Å². The predicted octanol–water partition coefficient (Wildman–Crippen LogP) is 1.88. The highest BCUT2D eigenvalue weighted by Gasteiger charge is 2.25. The highest BCUT2D eigenvalue weighted by molar-refractivity contribution is 6.30. The van der Waals surface area contributed by atoms with Gasteiger partial charge in [0.15, 0.2) is 0 Å². The van der Waals surface area contributed by atoms with E-state index < -0.39 is 0 Å². The van der Waals surface area contributed by atoms with Crippen molar-refractivity contribution >= 4 is 17.5 Å². The fraction of sp³-hybridized carbons (Fsp3) is 0.368. The molecule has 1 aromatic carbocycles. The smallest absolute Gasteiger partial charge is 0.234 e. The van der Waals surface area contributed by atoms with Crippen molar-refractivity contribution in [1.82, 2.24) is 20.5 Å². The zero-order valence-electron chi connectivity index (χ0n) is 14.5. The van der Waals surface area contributed by atoms with E-state index in [2.05, 4.69) is 26.6 Å². The largest absolute Gasteiger partial charge is 0.492 e. The lowest BCUT2D eigenvalue weighted by Crippen LogP contribution is -2.49. The van der Waals surface area contributed by atoms with E-state index in [4.69, 9.17) is 16.3 Å². The first-order valence-corrected chi connectivity index (χ1v) is 9.10. The Balaban J connectivity index is 1.43. The number of pyridine rings is 1. The van der Waals surface area contributed by atoms with E-state index in [1.807, 2.05) is 24.4 Å². The summed E-state index contributed by atoms with van der Waals surface area (Å²) in [4.78, 5) is 18.7. The molecule has 0 saturated carbocycles. The summed E-state index contributed by atoms with van der Waals surface area (Å²) in [5, 5.41) is 6.97. The molecule has 0 radical (unpaired) electrons. The Bertz CT molecular complexity index is 696. The van der Waals surface area contributed by atoms with Crippen LogP contribution in [0.2, 0.25) is 5.02 Å². The minimum absolute atomic E-state index is 0.000460. The van der Waals surface area contributed by atoms with Crippen LogP contribution in [0.5, 0.6) is 5.75 Å². The van der Waals surface area contributed by atoms with Crippen molar-refractivity contribution in [2.24, 2.45) is 0 Å². The van der Waals surface area contributed by atoms with E-state index in [0.29, 0.717) is 24.7 Å². The summed E-state index contributed by atoms with van der Waals surface area (Å²) in [6, 6.07) is 11.3. The van der Waals surface area contributed by atoms with E-state index in [-0.39, 0.29) is 11.9 Å². The molecule has 7 heteroatoms. The molecule has 1 aromatic heterocycles. The van der Waals surface area contributed by atoms with E-state index in [1.54, 1.807) is 18.3 Å². The van der Waals surface area contributed by atoms with Gasteiger partial charge in [-0.05, 0) is 35.9 Å². The van der Waals surface area contributed by atoms with Crippen LogP contribution in [0.25, 0.3) is 0 Å². The van der Waals surface area contributed by atoms with Crippen LogP contribution in [0.3, 0.4) is 0 Å². The molecule has 0 aliphatic carbocycles. The maximum atomic E-state index is 12.3. The third-order valence-electron chi connectivity index (χ3n) is 4.28. The first kappa shape index (κ1) is 18.6. The van der Waals surface area contributed by atoms with Gasteiger partial charge in [-0.3, -0.25) is 14.7 Å². The third kappa shape index (κ3) is 5.42. The summed E-state index contributed by atoms with van der Waals surface area (Å²) in [7, 11) is 0. The molecule has 1 amide bonds. The lowest BCUT2D eigenvalue weighted by molar-refractivity contribution is -0.123. The Morgan fingerprint density at radius 3 is 2.96 bits per heavy atom. The van der Waals surface area contributed by atoms with Crippen LogP contribution in [-0.2, 0) is 4.79 Å². The van der Waals surface area contributed by atoms with Gasteiger partial charge in [-0.25, -0.2) is 0 Å². The van der Waals surface area contributed by atoms with Crippen molar-refractivity contribution < 1.29 is 9.53 Å². The number of nitrogens with zero attached hydrogens (tertiary/aromatic N) is 2. The molecule has 1 aliphatic rings. The quantitative estimate of drug-likeness (QED) is 0.724. The van der Waals surface area contributed by atoms with Crippen molar-refractivity contribution in [3.8, 4) is 5.75 Å². The van der Waals surface area contributed by atoms with Gasteiger partial charge in [0.05, 0.1) is 13.1 Å². The van der Waals surface area contributed by atoms with Gasteiger partial charge in [-0.2, -0.15) is 0 Å². The SMILES string of the molecule is O=C(CN1CCNCC1c1cccnc1)NCCOc1ccc(Cl)cc1. The molecule has 2 N–H and O–H groups in total. The maximum absolute atomic E-state index is 12.3. The number of amides is 1. The number of rotatable bonds is 7. The van der Waals surface area contributed by atoms with Gasteiger partial charge in [0.25, 0.3) is 0 Å². The van der Waals surface area contributed by atoms with Crippen molar-refractivity contribution in [2.75, 3.05) is 39.3 Å². The zero-order valence-corrected chi connectivity index (χ0v) is 15.3. The number of nitrogens with one attached hydrogen (secondary N) is 2. The highest BCUT2D eigenvalue weighted by atomic mass is 35.5. The lowest BCUT2D eigenvalue weighted by atomic mass is 10.1. The number of carbonyl (C=O) groups is 1. The minimum atomic E-state index is 0.000460. The van der Waals surface area contributed by atoms with Crippen LogP contribution in [-0.4, -0.2) is 55.1 Å². The molecular formula is C19H23ClN4O2. The first-order valence-electron chi connectivity index (χ1n) is 8.72. The molecule has 1 unspecified atom stereocenters. The van der Waals surface area contributed by atoms with Gasteiger partial charge in [0.2, 0.25) is 5.91 Å². The third-order valence-corrected chi connectivity index (χ3v) is 4.53. The average molecular weight is 375 g/mol. The molecule has 1 saturated heterocycles. The number of piperazine rings is 1. The van der Waals surface area contributed by atoms with Crippen LogP contribution >= 0.6 is 11.6 Å². The monoisotopic (exact) mass is 374 g/mol. The molecule has 138 valence electrons. The van der Waals surface area contributed by atoms with E-state index in [9.17, 15) is 4.79 Å². The lowest BCUT2D eigenvalue weighted by Gasteiger charge is -2.35. The van der Waals surface area contributed by atoms with Gasteiger partial charge in [-0.15, -0.1) is 0 Å². The molecule has 0 bridgehead atoms. The molecule has 0 spiro atoms. The van der Waals surface area contributed by atoms with Gasteiger partial charge < -0.3 is 15.4 Å². The average Bonchev–Trinajstić information content (AvgIpc) is 2.68. The Morgan fingerprint density at radius 2 is 2.19 bits per heavy atom. The Morgan fingerprint density at radius 1 is 1.35 bits per heavy atom. The summed E-state index contributed by atoms with van der Waals surface area (Å²) in [5.74, 6) is 0.739. The van der Waals surface area contributed by atoms with Crippen molar-refractivity contribution in [1.29, 1.82) is 0 Å². The van der Waals surface area contributed by atoms with Crippen molar-refractivity contribution in [3.05, 3.63) is 59.4 Å². The highest BCUT2D eigenvalue weighted by Crippen LogP contribution is 2.20. The van der Waals surface area contributed by atoms with Crippen LogP contribution in [0.4, 0.5) is 0 Å². The zero-order chi connectivity index (χ0) is 18.2. The molecule has 3 rings (SSSR count). The van der Waals surface area contributed by atoms with Gasteiger partial charge >= 0.3 is 0 Å². The van der Waals surface area contributed by atoms with Gasteiger partial charge in [0.1, 0.15) is 12.4 Å².